The molecule has 0 saturated carbocycles. The Morgan fingerprint density at radius 2 is 1.62 bits per heavy atom. The predicted molar refractivity (Wildman–Crippen MR) is 92.6 cm³/mol. The van der Waals surface area contributed by atoms with Crippen molar-refractivity contribution < 1.29 is 14.7 Å². The Labute approximate surface area is 141 Å². The SMILES string of the molecule is CN(CCO)C(=O)C(Cc1ccccc1)NC(=O)c1ccccc1. The van der Waals surface area contributed by atoms with Gasteiger partial charge in [0.25, 0.3) is 5.91 Å². The molecule has 0 bridgehead atoms. The lowest BCUT2D eigenvalue weighted by atomic mass is 10.0. The lowest BCUT2D eigenvalue weighted by Gasteiger charge is -2.24. The standard InChI is InChI=1S/C19H22N2O3/c1-21(12-13-22)19(24)17(14-15-8-4-2-5-9-15)20-18(23)16-10-6-3-7-11-16/h2-11,17,22H,12-14H2,1H3,(H,20,23). The highest BCUT2D eigenvalue weighted by molar-refractivity contribution is 5.97. The summed E-state index contributed by atoms with van der Waals surface area (Å²) in [4.78, 5) is 26.4. The third-order valence-corrected chi connectivity index (χ3v) is 3.73. The average molecular weight is 326 g/mol. The van der Waals surface area contributed by atoms with Crippen molar-refractivity contribution in [3.8, 4) is 0 Å². The molecule has 5 nitrogen and oxygen atoms in total. The molecule has 2 N–H and O–H groups in total. The summed E-state index contributed by atoms with van der Waals surface area (Å²) in [6.07, 6.45) is 0.397. The first-order valence-corrected chi connectivity index (χ1v) is 7.87. The van der Waals surface area contributed by atoms with Crippen LogP contribution >= 0.6 is 0 Å². The Morgan fingerprint density at radius 3 is 2.21 bits per heavy atom. The Morgan fingerprint density at radius 1 is 1.04 bits per heavy atom. The van der Waals surface area contributed by atoms with Crippen molar-refractivity contribution in [2.45, 2.75) is 12.5 Å². The minimum absolute atomic E-state index is 0.118. The Hall–Kier alpha value is -2.66. The normalized spacial score (nSPS) is 11.6. The third-order valence-electron chi connectivity index (χ3n) is 3.73. The topological polar surface area (TPSA) is 69.6 Å². The second-order valence-electron chi connectivity index (χ2n) is 5.57. The van der Waals surface area contributed by atoms with Gasteiger partial charge in [-0.3, -0.25) is 9.59 Å². The van der Waals surface area contributed by atoms with E-state index in [4.69, 9.17) is 5.11 Å². The molecule has 0 aromatic heterocycles. The van der Waals surface area contributed by atoms with Gasteiger partial charge < -0.3 is 15.3 Å². The van der Waals surface area contributed by atoms with Gasteiger partial charge in [-0.2, -0.15) is 0 Å². The summed E-state index contributed by atoms with van der Waals surface area (Å²) < 4.78 is 0. The number of benzene rings is 2. The van der Waals surface area contributed by atoms with Crippen molar-refractivity contribution in [1.82, 2.24) is 10.2 Å². The first-order chi connectivity index (χ1) is 11.6. The van der Waals surface area contributed by atoms with E-state index in [0.717, 1.165) is 5.56 Å². The molecule has 2 aromatic carbocycles. The summed E-state index contributed by atoms with van der Waals surface area (Å²) in [6.45, 7) is 0.109. The molecule has 0 fully saturated rings. The lowest BCUT2D eigenvalue weighted by Crippen LogP contribution is -2.49. The molecule has 0 saturated heterocycles. The fraction of sp³-hybridized carbons (Fsp3) is 0.263. The maximum atomic E-state index is 12.6. The quantitative estimate of drug-likeness (QED) is 0.810. The van der Waals surface area contributed by atoms with E-state index in [1.165, 1.54) is 4.90 Å². The number of amides is 2. The Kier molecular flexibility index (Phi) is 6.51. The summed E-state index contributed by atoms with van der Waals surface area (Å²) in [5, 5.41) is 11.8. The van der Waals surface area contributed by atoms with E-state index in [1.807, 2.05) is 36.4 Å². The molecule has 0 aliphatic rings. The van der Waals surface area contributed by atoms with Crippen molar-refractivity contribution in [3.05, 3.63) is 71.8 Å². The summed E-state index contributed by atoms with van der Waals surface area (Å²) >= 11 is 0. The van der Waals surface area contributed by atoms with Crippen LogP contribution in [0.3, 0.4) is 0 Å². The number of aliphatic hydroxyl groups is 1. The molecule has 1 unspecified atom stereocenters. The van der Waals surface area contributed by atoms with Gasteiger partial charge in [0, 0.05) is 25.6 Å². The van der Waals surface area contributed by atoms with Gasteiger partial charge in [-0.25, -0.2) is 0 Å². The van der Waals surface area contributed by atoms with Crippen molar-refractivity contribution >= 4 is 11.8 Å². The van der Waals surface area contributed by atoms with Gasteiger partial charge in [-0.1, -0.05) is 48.5 Å². The van der Waals surface area contributed by atoms with Crippen LogP contribution in [0.5, 0.6) is 0 Å². The smallest absolute Gasteiger partial charge is 0.251 e. The molecule has 2 rings (SSSR count). The second-order valence-corrected chi connectivity index (χ2v) is 5.57. The zero-order valence-electron chi connectivity index (χ0n) is 13.7. The molecule has 24 heavy (non-hydrogen) atoms. The molecule has 0 aliphatic carbocycles. The molecule has 2 aromatic rings. The van der Waals surface area contributed by atoms with Crippen LogP contribution in [-0.4, -0.2) is 48.1 Å². The van der Waals surface area contributed by atoms with Gasteiger partial charge in [-0.15, -0.1) is 0 Å². The first kappa shape index (κ1) is 17.7. The van der Waals surface area contributed by atoms with Gasteiger partial charge in [0.2, 0.25) is 5.91 Å². The molecule has 0 heterocycles. The molecule has 126 valence electrons. The summed E-state index contributed by atoms with van der Waals surface area (Å²) in [5.41, 5.74) is 1.47. The molecule has 5 heteroatoms. The highest BCUT2D eigenvalue weighted by Gasteiger charge is 2.24. The molecular weight excluding hydrogens is 304 g/mol. The minimum atomic E-state index is -0.684. The summed E-state index contributed by atoms with van der Waals surface area (Å²) in [7, 11) is 1.62. The minimum Gasteiger partial charge on any atom is -0.395 e. The number of hydrogen-bond acceptors (Lipinski definition) is 3. The largest absolute Gasteiger partial charge is 0.395 e. The van der Waals surface area contributed by atoms with Gasteiger partial charge in [0.15, 0.2) is 0 Å². The zero-order chi connectivity index (χ0) is 17.4. The van der Waals surface area contributed by atoms with E-state index in [9.17, 15) is 9.59 Å². The van der Waals surface area contributed by atoms with Crippen molar-refractivity contribution in [1.29, 1.82) is 0 Å². The van der Waals surface area contributed by atoms with E-state index < -0.39 is 6.04 Å². The number of aliphatic hydroxyl groups excluding tert-OH is 1. The Balaban J connectivity index is 2.15. The molecule has 0 aliphatic heterocycles. The van der Waals surface area contributed by atoms with Crippen LogP contribution in [0.15, 0.2) is 60.7 Å². The molecular formula is C19H22N2O3. The molecule has 0 radical (unpaired) electrons. The first-order valence-electron chi connectivity index (χ1n) is 7.87. The van der Waals surface area contributed by atoms with Gasteiger partial charge in [-0.05, 0) is 17.7 Å². The third kappa shape index (κ3) is 4.93. The fourth-order valence-corrected chi connectivity index (χ4v) is 2.41. The monoisotopic (exact) mass is 326 g/mol. The zero-order valence-corrected chi connectivity index (χ0v) is 13.7. The van der Waals surface area contributed by atoms with Crippen LogP contribution in [0.4, 0.5) is 0 Å². The van der Waals surface area contributed by atoms with Gasteiger partial charge >= 0.3 is 0 Å². The average Bonchev–Trinajstić information content (AvgIpc) is 2.62. The number of nitrogens with zero attached hydrogens (tertiary/aromatic N) is 1. The van der Waals surface area contributed by atoms with Crippen LogP contribution in [0, 0.1) is 0 Å². The van der Waals surface area contributed by atoms with Crippen molar-refractivity contribution in [3.63, 3.8) is 0 Å². The van der Waals surface area contributed by atoms with Crippen LogP contribution in [-0.2, 0) is 11.2 Å². The van der Waals surface area contributed by atoms with E-state index in [-0.39, 0.29) is 25.0 Å². The number of rotatable bonds is 7. The number of likely N-dealkylation sites (N-methyl/N-ethyl adjacent to an activating group) is 1. The fourth-order valence-electron chi connectivity index (χ4n) is 2.41. The number of hydrogen-bond donors (Lipinski definition) is 2. The summed E-state index contributed by atoms with van der Waals surface area (Å²) in [5.74, 6) is -0.514. The lowest BCUT2D eigenvalue weighted by molar-refractivity contribution is -0.132. The number of nitrogens with one attached hydrogen (secondary N) is 1. The maximum absolute atomic E-state index is 12.6. The second kappa shape index (κ2) is 8.84. The summed E-state index contributed by atoms with van der Waals surface area (Å²) in [6, 6.07) is 17.6. The molecule has 0 spiro atoms. The number of carbonyl (C=O) groups is 2. The van der Waals surface area contributed by atoms with Gasteiger partial charge in [0.1, 0.15) is 6.04 Å². The molecule has 1 atom stereocenters. The highest BCUT2D eigenvalue weighted by atomic mass is 16.3. The highest BCUT2D eigenvalue weighted by Crippen LogP contribution is 2.07. The van der Waals surface area contributed by atoms with Crippen LogP contribution in [0.1, 0.15) is 15.9 Å². The van der Waals surface area contributed by atoms with Crippen LogP contribution < -0.4 is 5.32 Å². The van der Waals surface area contributed by atoms with E-state index in [1.54, 1.807) is 31.3 Å². The van der Waals surface area contributed by atoms with E-state index in [2.05, 4.69) is 5.32 Å². The van der Waals surface area contributed by atoms with E-state index in [0.29, 0.717) is 12.0 Å². The van der Waals surface area contributed by atoms with Crippen LogP contribution in [0.2, 0.25) is 0 Å². The Bertz CT molecular complexity index is 659. The van der Waals surface area contributed by atoms with Crippen LogP contribution in [0.25, 0.3) is 0 Å². The molecule has 2 amide bonds. The maximum Gasteiger partial charge on any atom is 0.251 e. The van der Waals surface area contributed by atoms with Crippen molar-refractivity contribution in [2.75, 3.05) is 20.2 Å². The van der Waals surface area contributed by atoms with E-state index >= 15 is 0 Å². The van der Waals surface area contributed by atoms with Crippen molar-refractivity contribution in [2.24, 2.45) is 0 Å². The number of carbonyl (C=O) groups excluding carboxylic acids is 2. The van der Waals surface area contributed by atoms with Gasteiger partial charge in [0.05, 0.1) is 6.61 Å². The predicted octanol–water partition coefficient (Wildman–Crippen LogP) is 1.48.